The lowest BCUT2D eigenvalue weighted by Gasteiger charge is -2.41. The highest BCUT2D eigenvalue weighted by Gasteiger charge is 2.44. The summed E-state index contributed by atoms with van der Waals surface area (Å²) in [4.78, 5) is 41.5. The van der Waals surface area contributed by atoms with Gasteiger partial charge in [-0.15, -0.1) is 0 Å². The molecule has 0 saturated heterocycles. The number of nitrogens with one attached hydrogen (secondary N) is 1. The summed E-state index contributed by atoms with van der Waals surface area (Å²) in [5.41, 5.74) is 2.09. The van der Waals surface area contributed by atoms with Crippen LogP contribution in [0.5, 0.6) is 0 Å². The first-order valence-corrected chi connectivity index (χ1v) is 11.7. The number of hydrogen-bond donors (Lipinski definition) is 1. The second kappa shape index (κ2) is 11.1. The molecule has 1 heterocycles. The third-order valence-corrected chi connectivity index (χ3v) is 6.15. The molecule has 0 spiro atoms. The van der Waals surface area contributed by atoms with Gasteiger partial charge in [-0.3, -0.25) is 9.59 Å². The summed E-state index contributed by atoms with van der Waals surface area (Å²) in [5.74, 6) is -2.47. The first-order chi connectivity index (χ1) is 17.5. The Bertz CT molecular complexity index is 1260. The largest absolute Gasteiger partial charge is 0.462 e. The Morgan fingerprint density at radius 2 is 1.69 bits per heavy atom. The maximum Gasteiger partial charge on any atom is 0.340 e. The van der Waals surface area contributed by atoms with Gasteiger partial charge in [0.05, 0.1) is 36.4 Å². The monoisotopic (exact) mass is 490 g/mol. The van der Waals surface area contributed by atoms with Crippen molar-refractivity contribution >= 4 is 23.5 Å². The molecule has 2 unspecified atom stereocenters. The predicted octanol–water partition coefficient (Wildman–Crippen LogP) is 4.57. The minimum Gasteiger partial charge on any atom is -0.462 e. The molecule has 186 valence electrons. The Morgan fingerprint density at radius 1 is 1.00 bits per heavy atom. The number of benzene rings is 3. The minimum atomic E-state index is -0.837. The van der Waals surface area contributed by atoms with Gasteiger partial charge < -0.3 is 19.7 Å². The predicted molar refractivity (Wildman–Crippen MR) is 132 cm³/mol. The topological polar surface area (TPSA) is 84.9 Å². The molecule has 8 heteroatoms. The van der Waals surface area contributed by atoms with Crippen LogP contribution in [0.25, 0.3) is 0 Å². The second-order valence-electron chi connectivity index (χ2n) is 8.31. The average molecular weight is 491 g/mol. The fourth-order valence-electron chi connectivity index (χ4n) is 4.53. The van der Waals surface area contributed by atoms with Crippen LogP contribution in [-0.4, -0.2) is 49.6 Å². The fourth-order valence-corrected chi connectivity index (χ4v) is 4.53. The van der Waals surface area contributed by atoms with E-state index in [4.69, 9.17) is 9.47 Å². The Balaban J connectivity index is 1.81. The minimum absolute atomic E-state index is 0.195. The van der Waals surface area contributed by atoms with Crippen molar-refractivity contribution in [3.63, 3.8) is 0 Å². The van der Waals surface area contributed by atoms with Gasteiger partial charge in [0.25, 0.3) is 5.91 Å². The summed E-state index contributed by atoms with van der Waals surface area (Å²) in [6.45, 7) is 2.39. The SMILES string of the molecule is CCOC(=O)c1ccccc1NC(=O)C1c2ccccc2C(=O)N(CCOC)C1c1ccc(F)cc1. The number of para-hydroxylation sites is 1. The van der Waals surface area contributed by atoms with E-state index in [0.717, 1.165) is 0 Å². The molecule has 4 rings (SSSR count). The lowest BCUT2D eigenvalue weighted by molar-refractivity contribution is -0.119. The summed E-state index contributed by atoms with van der Waals surface area (Å²) in [6.07, 6.45) is 0. The third kappa shape index (κ3) is 4.99. The molecule has 0 fully saturated rings. The molecule has 0 aromatic heterocycles. The Morgan fingerprint density at radius 3 is 2.42 bits per heavy atom. The first kappa shape index (κ1) is 25.1. The van der Waals surface area contributed by atoms with Gasteiger partial charge in [0.2, 0.25) is 5.91 Å². The van der Waals surface area contributed by atoms with Gasteiger partial charge >= 0.3 is 5.97 Å². The molecule has 0 radical (unpaired) electrons. The highest BCUT2D eigenvalue weighted by atomic mass is 19.1. The number of amides is 2. The number of rotatable bonds is 8. The molecule has 0 saturated carbocycles. The number of esters is 1. The summed E-state index contributed by atoms with van der Waals surface area (Å²) in [7, 11) is 1.53. The van der Waals surface area contributed by atoms with E-state index in [-0.39, 0.29) is 31.2 Å². The lowest BCUT2D eigenvalue weighted by atomic mass is 9.79. The van der Waals surface area contributed by atoms with E-state index in [1.54, 1.807) is 72.5 Å². The second-order valence-corrected chi connectivity index (χ2v) is 8.31. The number of anilines is 1. The summed E-state index contributed by atoms with van der Waals surface area (Å²) in [5, 5.41) is 2.88. The van der Waals surface area contributed by atoms with Crippen LogP contribution in [0.2, 0.25) is 0 Å². The molecule has 3 aromatic carbocycles. The number of halogens is 1. The van der Waals surface area contributed by atoms with Crippen LogP contribution in [0.1, 0.15) is 50.7 Å². The summed E-state index contributed by atoms with van der Waals surface area (Å²) < 4.78 is 24.1. The normalized spacial score (nSPS) is 16.9. The van der Waals surface area contributed by atoms with Gasteiger partial charge in [-0.1, -0.05) is 42.5 Å². The van der Waals surface area contributed by atoms with E-state index >= 15 is 0 Å². The van der Waals surface area contributed by atoms with Crippen molar-refractivity contribution in [1.82, 2.24) is 4.90 Å². The van der Waals surface area contributed by atoms with E-state index in [2.05, 4.69) is 5.32 Å². The molecular weight excluding hydrogens is 463 g/mol. The van der Waals surface area contributed by atoms with Crippen LogP contribution in [-0.2, 0) is 14.3 Å². The summed E-state index contributed by atoms with van der Waals surface area (Å²) >= 11 is 0. The molecular formula is C28H27FN2O5. The van der Waals surface area contributed by atoms with Crippen molar-refractivity contribution in [2.75, 3.05) is 32.2 Å². The molecule has 0 bridgehead atoms. The smallest absolute Gasteiger partial charge is 0.340 e. The van der Waals surface area contributed by atoms with Gasteiger partial charge in [-0.25, -0.2) is 9.18 Å². The molecule has 2 amide bonds. The van der Waals surface area contributed by atoms with Crippen LogP contribution in [0.3, 0.4) is 0 Å². The highest BCUT2D eigenvalue weighted by Crippen LogP contribution is 2.43. The maximum atomic E-state index is 13.9. The number of nitrogens with zero attached hydrogens (tertiary/aromatic N) is 1. The average Bonchev–Trinajstić information content (AvgIpc) is 2.89. The summed E-state index contributed by atoms with van der Waals surface area (Å²) in [6, 6.07) is 18.6. The third-order valence-electron chi connectivity index (χ3n) is 6.15. The van der Waals surface area contributed by atoms with Crippen LogP contribution in [0, 0.1) is 5.82 Å². The number of carbonyl (C=O) groups excluding carboxylic acids is 3. The molecule has 2 atom stereocenters. The number of ether oxygens (including phenoxy) is 2. The van der Waals surface area contributed by atoms with Gasteiger partial charge in [0.1, 0.15) is 5.82 Å². The Kier molecular flexibility index (Phi) is 7.75. The number of fused-ring (bicyclic) bond motifs is 1. The highest BCUT2D eigenvalue weighted by molar-refractivity contribution is 6.07. The molecule has 7 nitrogen and oxygen atoms in total. The van der Waals surface area contributed by atoms with Crippen LogP contribution < -0.4 is 5.32 Å². The van der Waals surface area contributed by atoms with Crippen molar-refractivity contribution in [3.8, 4) is 0 Å². The molecule has 36 heavy (non-hydrogen) atoms. The van der Waals surface area contributed by atoms with Gasteiger partial charge in [-0.05, 0) is 48.4 Å². The van der Waals surface area contributed by atoms with Crippen molar-refractivity contribution in [3.05, 3.63) is 101 Å². The number of hydrogen-bond acceptors (Lipinski definition) is 5. The van der Waals surface area contributed by atoms with Crippen LogP contribution in [0.15, 0.2) is 72.8 Å². The zero-order valence-corrected chi connectivity index (χ0v) is 20.1. The Labute approximate surface area is 208 Å². The van der Waals surface area contributed by atoms with E-state index in [9.17, 15) is 18.8 Å². The van der Waals surface area contributed by atoms with Crippen molar-refractivity contribution in [2.24, 2.45) is 0 Å². The fraction of sp³-hybridized carbons (Fsp3) is 0.250. The van der Waals surface area contributed by atoms with Crippen molar-refractivity contribution < 1.29 is 28.2 Å². The molecule has 1 aliphatic heterocycles. The molecule has 3 aromatic rings. The van der Waals surface area contributed by atoms with Gasteiger partial charge in [0, 0.05) is 19.2 Å². The van der Waals surface area contributed by atoms with Gasteiger partial charge in [0.15, 0.2) is 0 Å². The molecule has 1 N–H and O–H groups in total. The van der Waals surface area contributed by atoms with Crippen LogP contribution in [0.4, 0.5) is 10.1 Å². The zero-order valence-electron chi connectivity index (χ0n) is 20.1. The van der Waals surface area contributed by atoms with Gasteiger partial charge in [-0.2, -0.15) is 0 Å². The van der Waals surface area contributed by atoms with Crippen LogP contribution >= 0.6 is 0 Å². The number of carbonyl (C=O) groups is 3. The molecule has 0 aliphatic carbocycles. The van der Waals surface area contributed by atoms with E-state index in [1.165, 1.54) is 19.2 Å². The quantitative estimate of drug-likeness (QED) is 0.468. The first-order valence-electron chi connectivity index (χ1n) is 11.7. The Hall–Kier alpha value is -4.04. The van der Waals surface area contributed by atoms with Crippen molar-refractivity contribution in [1.29, 1.82) is 0 Å². The van der Waals surface area contributed by atoms with Crippen molar-refractivity contribution in [2.45, 2.75) is 18.9 Å². The van der Waals surface area contributed by atoms with E-state index in [0.29, 0.717) is 22.4 Å². The van der Waals surface area contributed by atoms with E-state index in [1.807, 2.05) is 0 Å². The molecule has 1 aliphatic rings. The lowest BCUT2D eigenvalue weighted by Crippen LogP contribution is -2.47. The standard InChI is InChI=1S/C28H27FN2O5/c1-3-36-28(34)22-10-6-7-11-23(22)30-26(32)24-20-8-4-5-9-21(20)27(33)31(16-17-35-2)25(24)18-12-14-19(29)15-13-18/h4-15,24-25H,3,16-17H2,1-2H3,(H,30,32). The number of methoxy groups -OCH3 is 1. The van der Waals surface area contributed by atoms with E-state index < -0.39 is 29.7 Å². The zero-order chi connectivity index (χ0) is 25.7. The maximum absolute atomic E-state index is 13.9.